The summed E-state index contributed by atoms with van der Waals surface area (Å²) in [4.78, 5) is 14.5. The highest BCUT2D eigenvalue weighted by Crippen LogP contribution is 2.41. The largest absolute Gasteiger partial charge is 0.493 e. The second-order valence-corrected chi connectivity index (χ2v) is 9.94. The number of carbonyl (C=O) groups excluding carboxylic acids is 1. The summed E-state index contributed by atoms with van der Waals surface area (Å²) in [7, 11) is -1.04. The van der Waals surface area contributed by atoms with Gasteiger partial charge < -0.3 is 14.4 Å². The maximum atomic E-state index is 13.1. The van der Waals surface area contributed by atoms with E-state index >= 15 is 0 Å². The van der Waals surface area contributed by atoms with Gasteiger partial charge in [-0.2, -0.15) is 9.98 Å². The Kier molecular flexibility index (Phi) is 6.66. The van der Waals surface area contributed by atoms with Gasteiger partial charge in [-0.3, -0.25) is 4.79 Å². The van der Waals surface area contributed by atoms with E-state index in [0.29, 0.717) is 52.4 Å². The Morgan fingerprint density at radius 1 is 1.18 bits per heavy atom. The van der Waals surface area contributed by atoms with Crippen LogP contribution >= 0.6 is 11.6 Å². The van der Waals surface area contributed by atoms with Gasteiger partial charge in [0.05, 0.1) is 35.8 Å². The number of ether oxygens (including phenoxy) is 2. The molecule has 34 heavy (non-hydrogen) atoms. The summed E-state index contributed by atoms with van der Waals surface area (Å²) in [6, 6.07) is 14.4. The molecule has 0 aliphatic carbocycles. The van der Waals surface area contributed by atoms with Crippen LogP contribution in [0, 0.1) is 11.3 Å². The lowest BCUT2D eigenvalue weighted by Crippen LogP contribution is -2.41. The second kappa shape index (κ2) is 9.50. The zero-order chi connectivity index (χ0) is 24.5. The normalized spacial score (nSPS) is 16.0. The summed E-state index contributed by atoms with van der Waals surface area (Å²) >= 11 is 6.41. The van der Waals surface area contributed by atoms with Gasteiger partial charge in [0, 0.05) is 18.5 Å². The number of sulfonamides is 1. The maximum absolute atomic E-state index is 13.1. The van der Waals surface area contributed by atoms with Crippen LogP contribution in [0.25, 0.3) is 10.8 Å². The number of carbonyl (C=O) groups is 1. The smallest absolute Gasteiger partial charge is 0.241 e. The van der Waals surface area contributed by atoms with Crippen LogP contribution in [0.15, 0.2) is 53.4 Å². The molecule has 0 unspecified atom stereocenters. The number of nitriles is 1. The molecule has 8 nitrogen and oxygen atoms in total. The Bertz CT molecular complexity index is 1420. The first-order valence-corrected chi connectivity index (χ1v) is 12.3. The Balaban J connectivity index is 1.54. The molecular weight excluding hydrogens is 478 g/mol. The van der Waals surface area contributed by atoms with E-state index in [1.54, 1.807) is 35.2 Å². The first kappa shape index (κ1) is 23.8. The van der Waals surface area contributed by atoms with Crippen molar-refractivity contribution in [3.8, 4) is 17.6 Å². The SMILES string of the molecule is COc1cc2cc(S(=O)(=O)N[C@H]3CCN(Cc4cccc(C#N)c4)C3=O)ccc2c(Cl)c1OC. The van der Waals surface area contributed by atoms with Crippen molar-refractivity contribution in [2.45, 2.75) is 23.9 Å². The highest BCUT2D eigenvalue weighted by molar-refractivity contribution is 7.89. The number of nitrogens with one attached hydrogen (secondary N) is 1. The van der Waals surface area contributed by atoms with Gasteiger partial charge in [-0.1, -0.05) is 29.8 Å². The van der Waals surface area contributed by atoms with Crippen molar-refractivity contribution in [1.29, 1.82) is 5.26 Å². The van der Waals surface area contributed by atoms with Crippen LogP contribution in [0.5, 0.6) is 11.5 Å². The minimum Gasteiger partial charge on any atom is -0.493 e. The molecule has 1 fully saturated rings. The van der Waals surface area contributed by atoms with Gasteiger partial charge in [-0.05, 0) is 47.7 Å². The van der Waals surface area contributed by atoms with E-state index in [1.165, 1.54) is 26.4 Å². The van der Waals surface area contributed by atoms with Gasteiger partial charge in [0.2, 0.25) is 15.9 Å². The van der Waals surface area contributed by atoms with Crippen LogP contribution in [-0.2, 0) is 21.4 Å². The number of amides is 1. The number of hydrogen-bond donors (Lipinski definition) is 1. The number of methoxy groups -OCH3 is 2. The summed E-state index contributed by atoms with van der Waals surface area (Å²) in [5.74, 6) is 0.438. The molecular formula is C24H22ClN3O5S. The molecule has 0 bridgehead atoms. The Morgan fingerprint density at radius 2 is 1.97 bits per heavy atom. The maximum Gasteiger partial charge on any atom is 0.241 e. The highest BCUT2D eigenvalue weighted by Gasteiger charge is 2.35. The van der Waals surface area contributed by atoms with Crippen molar-refractivity contribution >= 4 is 38.3 Å². The minimum atomic E-state index is -3.98. The number of likely N-dealkylation sites (tertiary alicyclic amines) is 1. The summed E-state index contributed by atoms with van der Waals surface area (Å²) in [5, 5.41) is 10.5. The van der Waals surface area contributed by atoms with E-state index in [9.17, 15) is 13.2 Å². The van der Waals surface area contributed by atoms with Gasteiger partial charge in [-0.15, -0.1) is 0 Å². The third kappa shape index (κ3) is 4.53. The standard InChI is InChI=1S/C24H22ClN3O5S/c1-32-21-12-17-11-18(6-7-19(17)22(25)23(21)33-2)34(30,31)27-20-8-9-28(24(20)29)14-16-5-3-4-15(10-16)13-26/h3-7,10-12,20,27H,8-9,14H2,1-2H3/t20-/m0/s1. The Labute approximate surface area is 202 Å². The number of hydrogen-bond acceptors (Lipinski definition) is 6. The molecule has 1 heterocycles. The van der Waals surface area contributed by atoms with Crippen LogP contribution in [0.3, 0.4) is 0 Å². The van der Waals surface area contributed by atoms with E-state index in [4.69, 9.17) is 26.3 Å². The van der Waals surface area contributed by atoms with Gasteiger partial charge >= 0.3 is 0 Å². The molecule has 1 atom stereocenters. The summed E-state index contributed by atoms with van der Waals surface area (Å²) in [6.07, 6.45) is 0.348. The monoisotopic (exact) mass is 499 g/mol. The number of halogens is 1. The second-order valence-electron chi connectivity index (χ2n) is 7.84. The van der Waals surface area contributed by atoms with Crippen molar-refractivity contribution in [2.75, 3.05) is 20.8 Å². The Hall–Kier alpha value is -3.32. The molecule has 3 aromatic carbocycles. The van der Waals surface area contributed by atoms with Crippen LogP contribution < -0.4 is 14.2 Å². The first-order valence-electron chi connectivity index (χ1n) is 10.4. The van der Waals surface area contributed by atoms with Gasteiger partial charge in [0.1, 0.15) is 6.04 Å². The first-order chi connectivity index (χ1) is 16.3. The van der Waals surface area contributed by atoms with E-state index in [0.717, 1.165) is 5.56 Å². The van der Waals surface area contributed by atoms with Crippen molar-refractivity contribution in [1.82, 2.24) is 9.62 Å². The molecule has 0 aromatic heterocycles. The molecule has 3 aromatic rings. The molecule has 1 saturated heterocycles. The van der Waals surface area contributed by atoms with Gasteiger partial charge in [0.15, 0.2) is 11.5 Å². The molecule has 1 N–H and O–H groups in total. The van der Waals surface area contributed by atoms with E-state index in [-0.39, 0.29) is 10.8 Å². The van der Waals surface area contributed by atoms with Crippen molar-refractivity contribution < 1.29 is 22.7 Å². The number of rotatable bonds is 7. The minimum absolute atomic E-state index is 0.0104. The molecule has 1 aliphatic heterocycles. The van der Waals surface area contributed by atoms with Crippen LogP contribution in [0.1, 0.15) is 17.5 Å². The van der Waals surface area contributed by atoms with Gasteiger partial charge in [-0.25, -0.2) is 8.42 Å². The molecule has 176 valence electrons. The predicted octanol–water partition coefficient (Wildman–Crippen LogP) is 3.46. The fraction of sp³-hybridized carbons (Fsp3) is 0.250. The zero-order valence-electron chi connectivity index (χ0n) is 18.5. The number of benzene rings is 3. The third-order valence-corrected chi connectivity index (χ3v) is 7.57. The topological polar surface area (TPSA) is 109 Å². The lowest BCUT2D eigenvalue weighted by Gasteiger charge is -2.18. The van der Waals surface area contributed by atoms with Crippen molar-refractivity contribution in [2.24, 2.45) is 0 Å². The lowest BCUT2D eigenvalue weighted by atomic mass is 10.1. The van der Waals surface area contributed by atoms with E-state index < -0.39 is 16.1 Å². The molecule has 1 aliphatic rings. The van der Waals surface area contributed by atoms with E-state index in [2.05, 4.69) is 10.8 Å². The summed E-state index contributed by atoms with van der Waals surface area (Å²) < 4.78 is 39.3. The van der Waals surface area contributed by atoms with Gasteiger partial charge in [0.25, 0.3) is 0 Å². The molecule has 0 saturated carbocycles. The lowest BCUT2D eigenvalue weighted by molar-refractivity contribution is -0.129. The number of fused-ring (bicyclic) bond motifs is 1. The van der Waals surface area contributed by atoms with Crippen molar-refractivity contribution in [3.63, 3.8) is 0 Å². The highest BCUT2D eigenvalue weighted by atomic mass is 35.5. The van der Waals surface area contributed by atoms with Crippen LogP contribution in [0.4, 0.5) is 0 Å². The van der Waals surface area contributed by atoms with E-state index in [1.807, 2.05) is 6.07 Å². The fourth-order valence-corrected chi connectivity index (χ4v) is 5.63. The van der Waals surface area contributed by atoms with Crippen LogP contribution in [0.2, 0.25) is 5.02 Å². The average molecular weight is 500 g/mol. The molecule has 0 radical (unpaired) electrons. The molecule has 10 heteroatoms. The number of nitrogens with zero attached hydrogens (tertiary/aromatic N) is 2. The molecule has 4 rings (SSSR count). The summed E-state index contributed by atoms with van der Waals surface area (Å²) in [6.45, 7) is 0.718. The Morgan fingerprint density at radius 3 is 2.68 bits per heavy atom. The summed E-state index contributed by atoms with van der Waals surface area (Å²) in [5.41, 5.74) is 1.32. The van der Waals surface area contributed by atoms with Crippen molar-refractivity contribution in [3.05, 3.63) is 64.7 Å². The zero-order valence-corrected chi connectivity index (χ0v) is 20.1. The quantitative estimate of drug-likeness (QED) is 0.533. The average Bonchev–Trinajstić information content (AvgIpc) is 3.16. The third-order valence-electron chi connectivity index (χ3n) is 5.73. The fourth-order valence-electron chi connectivity index (χ4n) is 4.03. The van der Waals surface area contributed by atoms with Crippen LogP contribution in [-0.4, -0.2) is 46.0 Å². The predicted molar refractivity (Wildman–Crippen MR) is 127 cm³/mol. The molecule has 0 spiro atoms. The molecule has 1 amide bonds.